The van der Waals surface area contributed by atoms with Crippen molar-refractivity contribution in [3.05, 3.63) is 58.3 Å². The average molecular weight is 394 g/mol. The lowest BCUT2D eigenvalue weighted by Crippen LogP contribution is -2.16. The van der Waals surface area contributed by atoms with Gasteiger partial charge in [-0.1, -0.05) is 6.07 Å². The summed E-state index contributed by atoms with van der Waals surface area (Å²) in [5.41, 5.74) is 0.975. The van der Waals surface area contributed by atoms with Crippen molar-refractivity contribution in [2.24, 2.45) is 0 Å². The molecule has 0 saturated carbocycles. The van der Waals surface area contributed by atoms with Crippen molar-refractivity contribution in [1.82, 2.24) is 0 Å². The summed E-state index contributed by atoms with van der Waals surface area (Å²) in [7, 11) is 0. The standard InChI is InChI=1S/C18H17BrFNO3/c19-17-9-12(20)6-7-16(17)18(22)21-13-3-1-4-14(10-13)24-11-15-5-2-8-23-15/h1,3-4,6-7,9-10,15H,2,5,8,11H2,(H,21,22). The maximum absolute atomic E-state index is 13.1. The van der Waals surface area contributed by atoms with Gasteiger partial charge in [0.15, 0.2) is 0 Å². The molecular formula is C18H17BrFNO3. The van der Waals surface area contributed by atoms with Gasteiger partial charge in [0.05, 0.1) is 11.7 Å². The van der Waals surface area contributed by atoms with Crippen LogP contribution in [-0.2, 0) is 4.74 Å². The van der Waals surface area contributed by atoms with Crippen LogP contribution in [0.4, 0.5) is 10.1 Å². The zero-order chi connectivity index (χ0) is 16.9. The normalized spacial score (nSPS) is 16.8. The van der Waals surface area contributed by atoms with Gasteiger partial charge in [-0.3, -0.25) is 4.79 Å². The fraction of sp³-hybridized carbons (Fsp3) is 0.278. The molecule has 0 aromatic heterocycles. The number of nitrogens with one attached hydrogen (secondary N) is 1. The number of hydrogen-bond acceptors (Lipinski definition) is 3. The van der Waals surface area contributed by atoms with E-state index in [-0.39, 0.29) is 12.0 Å². The molecule has 1 saturated heterocycles. The third-order valence-electron chi connectivity index (χ3n) is 3.73. The van der Waals surface area contributed by atoms with Gasteiger partial charge >= 0.3 is 0 Å². The average Bonchev–Trinajstić information content (AvgIpc) is 3.06. The van der Waals surface area contributed by atoms with E-state index in [0.717, 1.165) is 19.4 Å². The van der Waals surface area contributed by atoms with E-state index >= 15 is 0 Å². The molecule has 1 amide bonds. The topological polar surface area (TPSA) is 47.6 Å². The molecule has 0 spiro atoms. The molecule has 3 rings (SSSR count). The molecule has 0 aliphatic carbocycles. The molecule has 6 heteroatoms. The maximum Gasteiger partial charge on any atom is 0.256 e. The summed E-state index contributed by atoms with van der Waals surface area (Å²) in [5.74, 6) is -0.0532. The summed E-state index contributed by atoms with van der Waals surface area (Å²) in [5, 5.41) is 2.78. The van der Waals surface area contributed by atoms with E-state index in [4.69, 9.17) is 9.47 Å². The number of carbonyl (C=O) groups excluding carboxylic acids is 1. The lowest BCUT2D eigenvalue weighted by atomic mass is 10.2. The largest absolute Gasteiger partial charge is 0.491 e. The Balaban J connectivity index is 1.64. The molecule has 4 nitrogen and oxygen atoms in total. The fourth-order valence-electron chi connectivity index (χ4n) is 2.50. The SMILES string of the molecule is O=C(Nc1cccc(OCC2CCCO2)c1)c1ccc(F)cc1Br. The zero-order valence-corrected chi connectivity index (χ0v) is 14.5. The van der Waals surface area contributed by atoms with E-state index < -0.39 is 5.82 Å². The Labute approximate surface area is 148 Å². The van der Waals surface area contributed by atoms with E-state index in [1.54, 1.807) is 18.2 Å². The molecule has 2 aromatic carbocycles. The number of amides is 1. The van der Waals surface area contributed by atoms with E-state index in [1.807, 2.05) is 6.07 Å². The summed E-state index contributed by atoms with van der Waals surface area (Å²) in [6, 6.07) is 11.1. The van der Waals surface area contributed by atoms with Gasteiger partial charge in [0.1, 0.15) is 18.2 Å². The van der Waals surface area contributed by atoms with Gasteiger partial charge in [0.2, 0.25) is 0 Å². The molecule has 126 valence electrons. The number of hydrogen-bond donors (Lipinski definition) is 1. The number of halogens is 2. The first kappa shape index (κ1) is 16.9. The van der Waals surface area contributed by atoms with Crippen molar-refractivity contribution in [1.29, 1.82) is 0 Å². The van der Waals surface area contributed by atoms with Gasteiger partial charge in [-0.25, -0.2) is 4.39 Å². The highest BCUT2D eigenvalue weighted by atomic mass is 79.9. The predicted molar refractivity (Wildman–Crippen MR) is 93.0 cm³/mol. The maximum atomic E-state index is 13.1. The van der Waals surface area contributed by atoms with Crippen LogP contribution >= 0.6 is 15.9 Å². The third-order valence-corrected chi connectivity index (χ3v) is 4.38. The quantitative estimate of drug-likeness (QED) is 0.818. The second kappa shape index (κ2) is 7.77. The van der Waals surface area contributed by atoms with Crippen LogP contribution in [0.2, 0.25) is 0 Å². The van der Waals surface area contributed by atoms with Gasteiger partial charge in [0, 0.05) is 22.8 Å². The smallest absolute Gasteiger partial charge is 0.256 e. The Bertz CT molecular complexity index is 732. The number of benzene rings is 2. The van der Waals surface area contributed by atoms with Gasteiger partial charge in [-0.15, -0.1) is 0 Å². The Morgan fingerprint density at radius 3 is 2.96 bits per heavy atom. The van der Waals surface area contributed by atoms with Crippen LogP contribution in [0.15, 0.2) is 46.9 Å². The van der Waals surface area contributed by atoms with Gasteiger partial charge in [-0.05, 0) is 59.1 Å². The third kappa shape index (κ3) is 4.33. The Hall–Kier alpha value is -1.92. The molecule has 1 N–H and O–H groups in total. The fourth-order valence-corrected chi connectivity index (χ4v) is 3.03. The van der Waals surface area contributed by atoms with Crippen LogP contribution in [0.3, 0.4) is 0 Å². The molecule has 1 aliphatic rings. The molecular weight excluding hydrogens is 377 g/mol. The van der Waals surface area contributed by atoms with Crippen LogP contribution in [0.25, 0.3) is 0 Å². The van der Waals surface area contributed by atoms with Crippen molar-refractivity contribution in [3.8, 4) is 5.75 Å². The Morgan fingerprint density at radius 2 is 2.21 bits per heavy atom. The molecule has 1 unspecified atom stereocenters. The Morgan fingerprint density at radius 1 is 1.33 bits per heavy atom. The zero-order valence-electron chi connectivity index (χ0n) is 12.9. The number of carbonyl (C=O) groups is 1. The summed E-state index contributed by atoms with van der Waals surface area (Å²) in [6.07, 6.45) is 2.21. The van der Waals surface area contributed by atoms with Crippen molar-refractivity contribution < 1.29 is 18.7 Å². The van der Waals surface area contributed by atoms with Crippen LogP contribution in [-0.4, -0.2) is 25.2 Å². The Kier molecular flexibility index (Phi) is 5.48. The summed E-state index contributed by atoms with van der Waals surface area (Å²) in [6.45, 7) is 1.29. The van der Waals surface area contributed by atoms with Crippen LogP contribution in [0.1, 0.15) is 23.2 Å². The second-order valence-electron chi connectivity index (χ2n) is 5.55. The first-order valence-corrected chi connectivity index (χ1v) is 8.52. The summed E-state index contributed by atoms with van der Waals surface area (Å²) < 4.78 is 24.8. The molecule has 1 fully saturated rings. The van der Waals surface area contributed by atoms with Gasteiger partial charge < -0.3 is 14.8 Å². The highest BCUT2D eigenvalue weighted by Gasteiger charge is 2.16. The molecule has 0 bridgehead atoms. The lowest BCUT2D eigenvalue weighted by molar-refractivity contribution is 0.0680. The van der Waals surface area contributed by atoms with E-state index in [1.165, 1.54) is 18.2 Å². The molecule has 0 radical (unpaired) electrons. The second-order valence-corrected chi connectivity index (χ2v) is 6.41. The van der Waals surface area contributed by atoms with Crippen LogP contribution in [0.5, 0.6) is 5.75 Å². The highest BCUT2D eigenvalue weighted by molar-refractivity contribution is 9.10. The van der Waals surface area contributed by atoms with E-state index in [9.17, 15) is 9.18 Å². The van der Waals surface area contributed by atoms with Crippen molar-refractivity contribution in [2.45, 2.75) is 18.9 Å². The van der Waals surface area contributed by atoms with E-state index in [2.05, 4.69) is 21.2 Å². The minimum absolute atomic E-state index is 0.137. The molecule has 1 aliphatic heterocycles. The summed E-state index contributed by atoms with van der Waals surface area (Å²) >= 11 is 3.20. The molecule has 1 heterocycles. The first-order valence-electron chi connectivity index (χ1n) is 7.73. The summed E-state index contributed by atoms with van der Waals surface area (Å²) in [4.78, 5) is 12.3. The van der Waals surface area contributed by atoms with Crippen molar-refractivity contribution >= 4 is 27.5 Å². The minimum atomic E-state index is -0.400. The molecule has 2 aromatic rings. The van der Waals surface area contributed by atoms with Crippen LogP contribution < -0.4 is 10.1 Å². The van der Waals surface area contributed by atoms with Crippen molar-refractivity contribution in [3.63, 3.8) is 0 Å². The lowest BCUT2D eigenvalue weighted by Gasteiger charge is -2.13. The van der Waals surface area contributed by atoms with Crippen molar-refractivity contribution in [2.75, 3.05) is 18.5 Å². The number of rotatable bonds is 5. The molecule has 1 atom stereocenters. The van der Waals surface area contributed by atoms with Gasteiger partial charge in [-0.2, -0.15) is 0 Å². The number of ether oxygens (including phenoxy) is 2. The van der Waals surface area contributed by atoms with E-state index in [0.29, 0.717) is 28.1 Å². The predicted octanol–water partition coefficient (Wildman–Crippen LogP) is 4.40. The highest BCUT2D eigenvalue weighted by Crippen LogP contribution is 2.22. The van der Waals surface area contributed by atoms with Gasteiger partial charge in [0.25, 0.3) is 5.91 Å². The minimum Gasteiger partial charge on any atom is -0.491 e. The first-order chi connectivity index (χ1) is 11.6. The number of anilines is 1. The molecule has 24 heavy (non-hydrogen) atoms. The van der Waals surface area contributed by atoms with Crippen LogP contribution in [0, 0.1) is 5.82 Å². The monoisotopic (exact) mass is 393 g/mol.